The first-order chi connectivity index (χ1) is 10.1. The van der Waals surface area contributed by atoms with Crippen molar-refractivity contribution in [1.82, 2.24) is 9.78 Å². The van der Waals surface area contributed by atoms with Crippen LogP contribution in [0.2, 0.25) is 0 Å². The first-order valence-corrected chi connectivity index (χ1v) is 7.08. The number of carboxylic acids is 1. The van der Waals surface area contributed by atoms with E-state index in [1.165, 1.54) is 29.5 Å². The van der Waals surface area contributed by atoms with Crippen molar-refractivity contribution >= 4 is 17.3 Å². The molecule has 106 valence electrons. The highest BCUT2D eigenvalue weighted by molar-refractivity contribution is 7.13. The van der Waals surface area contributed by atoms with E-state index in [2.05, 4.69) is 5.10 Å². The van der Waals surface area contributed by atoms with Crippen LogP contribution in [0.4, 0.5) is 4.39 Å². The Balaban J connectivity index is 2.23. The third-order valence-corrected chi connectivity index (χ3v) is 3.98. The minimum absolute atomic E-state index is 0.0397. The molecule has 3 rings (SSSR count). The molecule has 0 atom stereocenters. The van der Waals surface area contributed by atoms with Crippen LogP contribution in [0.5, 0.6) is 0 Å². The number of thiophene rings is 1. The lowest BCUT2D eigenvalue weighted by atomic mass is 10.2. The number of carbonyl (C=O) groups is 1. The maximum atomic E-state index is 13.2. The first kappa shape index (κ1) is 13.5. The standard InChI is InChI=1S/C15H11FN2O2S/c1-9-7-10(16)4-5-12(9)18-13(14-3-2-6-21-14)8-11(17-18)15(19)20/h2-8H,1H3,(H,19,20). The molecule has 6 heteroatoms. The number of aryl methyl sites for hydroxylation is 1. The van der Waals surface area contributed by atoms with Crippen molar-refractivity contribution < 1.29 is 14.3 Å². The van der Waals surface area contributed by atoms with Gasteiger partial charge in [0.15, 0.2) is 5.69 Å². The molecule has 0 fully saturated rings. The minimum atomic E-state index is -1.09. The number of hydrogen-bond acceptors (Lipinski definition) is 3. The molecule has 1 aromatic carbocycles. The van der Waals surface area contributed by atoms with E-state index in [9.17, 15) is 9.18 Å². The van der Waals surface area contributed by atoms with Crippen molar-refractivity contribution in [2.45, 2.75) is 6.92 Å². The molecule has 3 aromatic rings. The minimum Gasteiger partial charge on any atom is -0.476 e. The Morgan fingerprint density at radius 2 is 2.14 bits per heavy atom. The monoisotopic (exact) mass is 302 g/mol. The molecule has 0 aliphatic carbocycles. The van der Waals surface area contributed by atoms with Crippen LogP contribution in [0.15, 0.2) is 41.8 Å². The number of carboxylic acid groups (broad SMARTS) is 1. The normalized spacial score (nSPS) is 10.8. The number of hydrogen-bond donors (Lipinski definition) is 1. The Labute approximate surface area is 124 Å². The Morgan fingerprint density at radius 1 is 1.33 bits per heavy atom. The number of rotatable bonds is 3. The lowest BCUT2D eigenvalue weighted by molar-refractivity contribution is 0.0690. The highest BCUT2D eigenvalue weighted by Crippen LogP contribution is 2.29. The Morgan fingerprint density at radius 3 is 2.76 bits per heavy atom. The van der Waals surface area contributed by atoms with E-state index in [1.807, 2.05) is 17.5 Å². The summed E-state index contributed by atoms with van der Waals surface area (Å²) in [5.74, 6) is -1.43. The van der Waals surface area contributed by atoms with Crippen LogP contribution in [0.3, 0.4) is 0 Å². The van der Waals surface area contributed by atoms with E-state index in [4.69, 9.17) is 5.11 Å². The first-order valence-electron chi connectivity index (χ1n) is 6.20. The summed E-state index contributed by atoms with van der Waals surface area (Å²) >= 11 is 1.49. The fraction of sp³-hybridized carbons (Fsp3) is 0.0667. The van der Waals surface area contributed by atoms with E-state index in [0.717, 1.165) is 4.88 Å². The van der Waals surface area contributed by atoms with Gasteiger partial charge in [-0.1, -0.05) is 6.07 Å². The zero-order chi connectivity index (χ0) is 15.0. The lowest BCUT2D eigenvalue weighted by Crippen LogP contribution is -2.04. The van der Waals surface area contributed by atoms with Crippen LogP contribution in [-0.4, -0.2) is 20.9 Å². The average Bonchev–Trinajstić information content (AvgIpc) is 3.07. The van der Waals surface area contributed by atoms with Crippen molar-refractivity contribution in [3.05, 3.63) is 58.9 Å². The second kappa shape index (κ2) is 5.14. The summed E-state index contributed by atoms with van der Waals surface area (Å²) in [7, 11) is 0. The topological polar surface area (TPSA) is 55.1 Å². The van der Waals surface area contributed by atoms with Gasteiger partial charge in [0.05, 0.1) is 16.3 Å². The van der Waals surface area contributed by atoms with Gasteiger partial charge in [-0.25, -0.2) is 13.9 Å². The summed E-state index contributed by atoms with van der Waals surface area (Å²) in [5.41, 5.74) is 1.99. The summed E-state index contributed by atoms with van der Waals surface area (Å²) in [5, 5.41) is 15.2. The van der Waals surface area contributed by atoms with Crippen LogP contribution >= 0.6 is 11.3 Å². The van der Waals surface area contributed by atoms with E-state index < -0.39 is 5.97 Å². The largest absolute Gasteiger partial charge is 0.476 e. The van der Waals surface area contributed by atoms with E-state index >= 15 is 0 Å². The SMILES string of the molecule is Cc1cc(F)ccc1-n1nc(C(=O)O)cc1-c1cccs1. The highest BCUT2D eigenvalue weighted by Gasteiger charge is 2.17. The molecule has 1 N–H and O–H groups in total. The van der Waals surface area contributed by atoms with Gasteiger partial charge in [0.2, 0.25) is 0 Å². The molecule has 0 aliphatic heterocycles. The van der Waals surface area contributed by atoms with Gasteiger partial charge in [0.25, 0.3) is 0 Å². The quantitative estimate of drug-likeness (QED) is 0.801. The van der Waals surface area contributed by atoms with Crippen molar-refractivity contribution in [2.24, 2.45) is 0 Å². The maximum Gasteiger partial charge on any atom is 0.356 e. The molecule has 0 amide bonds. The van der Waals surface area contributed by atoms with Gasteiger partial charge in [-0.15, -0.1) is 11.3 Å². The van der Waals surface area contributed by atoms with Crippen molar-refractivity contribution in [2.75, 3.05) is 0 Å². The summed E-state index contributed by atoms with van der Waals surface area (Å²) < 4.78 is 14.8. The van der Waals surface area contributed by atoms with Gasteiger partial charge in [0.1, 0.15) is 5.82 Å². The van der Waals surface area contributed by atoms with E-state index in [0.29, 0.717) is 16.9 Å². The predicted octanol–water partition coefficient (Wildman–Crippen LogP) is 3.75. The molecule has 0 unspecified atom stereocenters. The van der Waals surface area contributed by atoms with Crippen molar-refractivity contribution in [3.8, 4) is 16.3 Å². The fourth-order valence-electron chi connectivity index (χ4n) is 2.13. The Kier molecular flexibility index (Phi) is 3.31. The summed E-state index contributed by atoms with van der Waals surface area (Å²) in [4.78, 5) is 12.1. The fourth-order valence-corrected chi connectivity index (χ4v) is 2.85. The zero-order valence-corrected chi connectivity index (χ0v) is 11.9. The van der Waals surface area contributed by atoms with Crippen molar-refractivity contribution in [3.63, 3.8) is 0 Å². The number of benzene rings is 1. The third-order valence-electron chi connectivity index (χ3n) is 3.09. The smallest absolute Gasteiger partial charge is 0.356 e. The van der Waals surface area contributed by atoms with Gasteiger partial charge in [0, 0.05) is 6.07 Å². The molecule has 0 bridgehead atoms. The van der Waals surface area contributed by atoms with Crippen LogP contribution in [0.1, 0.15) is 16.1 Å². The molecule has 21 heavy (non-hydrogen) atoms. The molecule has 2 aromatic heterocycles. The van der Waals surface area contributed by atoms with Crippen LogP contribution in [0, 0.1) is 12.7 Å². The van der Waals surface area contributed by atoms with Crippen LogP contribution in [-0.2, 0) is 0 Å². The van der Waals surface area contributed by atoms with E-state index in [-0.39, 0.29) is 11.5 Å². The van der Waals surface area contributed by atoms with Crippen molar-refractivity contribution in [1.29, 1.82) is 0 Å². The Bertz CT molecular complexity index is 809. The lowest BCUT2D eigenvalue weighted by Gasteiger charge is -2.09. The molecule has 0 saturated heterocycles. The molecule has 0 spiro atoms. The van der Waals surface area contributed by atoms with E-state index in [1.54, 1.807) is 17.7 Å². The van der Waals surface area contributed by atoms with Gasteiger partial charge >= 0.3 is 5.97 Å². The zero-order valence-electron chi connectivity index (χ0n) is 11.1. The van der Waals surface area contributed by atoms with Gasteiger partial charge in [-0.05, 0) is 42.1 Å². The molecule has 2 heterocycles. The third kappa shape index (κ3) is 2.45. The summed E-state index contributed by atoms with van der Waals surface area (Å²) in [6, 6.07) is 9.63. The summed E-state index contributed by atoms with van der Waals surface area (Å²) in [6.45, 7) is 1.76. The predicted molar refractivity (Wildman–Crippen MR) is 78.5 cm³/mol. The maximum absolute atomic E-state index is 13.2. The molecule has 0 aliphatic rings. The number of nitrogens with zero attached hydrogens (tertiary/aromatic N) is 2. The average molecular weight is 302 g/mol. The highest BCUT2D eigenvalue weighted by atomic mass is 32.1. The molecular weight excluding hydrogens is 291 g/mol. The number of halogens is 1. The van der Waals surface area contributed by atoms with Gasteiger partial charge < -0.3 is 5.11 Å². The molecular formula is C15H11FN2O2S. The Hall–Kier alpha value is -2.47. The second-order valence-electron chi connectivity index (χ2n) is 4.54. The summed E-state index contributed by atoms with van der Waals surface area (Å²) in [6.07, 6.45) is 0. The van der Waals surface area contributed by atoms with Crippen LogP contribution < -0.4 is 0 Å². The molecule has 0 radical (unpaired) electrons. The number of aromatic nitrogens is 2. The molecule has 4 nitrogen and oxygen atoms in total. The number of aromatic carboxylic acids is 1. The second-order valence-corrected chi connectivity index (χ2v) is 5.49. The van der Waals surface area contributed by atoms with Gasteiger partial charge in [-0.2, -0.15) is 5.10 Å². The van der Waals surface area contributed by atoms with Crippen LogP contribution in [0.25, 0.3) is 16.3 Å². The van der Waals surface area contributed by atoms with Gasteiger partial charge in [-0.3, -0.25) is 0 Å². The molecule has 0 saturated carbocycles.